The molecule has 5 rings (SSSR count). The number of anilines is 1. The number of aromatic amines is 1. The van der Waals surface area contributed by atoms with Crippen LogP contribution in [-0.2, 0) is 0 Å². The molecule has 0 saturated carbocycles. The van der Waals surface area contributed by atoms with Gasteiger partial charge in [-0.2, -0.15) is 0 Å². The molecule has 0 fully saturated rings. The van der Waals surface area contributed by atoms with Gasteiger partial charge in [0.1, 0.15) is 0 Å². The summed E-state index contributed by atoms with van der Waals surface area (Å²) in [5.74, 6) is 0. The van der Waals surface area contributed by atoms with Gasteiger partial charge in [-0.3, -0.25) is 4.57 Å². The molecular formula is C23H17N3O. The number of H-pyrrole nitrogens is 1. The first-order valence-electron chi connectivity index (χ1n) is 8.83. The van der Waals surface area contributed by atoms with Crippen molar-refractivity contribution in [2.45, 2.75) is 0 Å². The molecule has 0 saturated heterocycles. The van der Waals surface area contributed by atoms with Crippen molar-refractivity contribution in [2.24, 2.45) is 0 Å². The quantitative estimate of drug-likeness (QED) is 0.410. The second-order valence-corrected chi connectivity index (χ2v) is 6.54. The van der Waals surface area contributed by atoms with Crippen LogP contribution in [0.5, 0.6) is 0 Å². The molecular weight excluding hydrogens is 334 g/mol. The summed E-state index contributed by atoms with van der Waals surface area (Å²) < 4.78 is 1.65. The number of hydrogen-bond donors (Lipinski definition) is 2. The maximum atomic E-state index is 12.7. The molecule has 0 bridgehead atoms. The third-order valence-electron chi connectivity index (χ3n) is 4.83. The largest absolute Gasteiger partial charge is 0.361 e. The summed E-state index contributed by atoms with van der Waals surface area (Å²) in [5, 5.41) is 5.15. The summed E-state index contributed by atoms with van der Waals surface area (Å²) in [6, 6.07) is 25.9. The standard InChI is InChI=1S/C23H17N3O/c27-23(25-20-4-2-1-3-5-20)26-13-11-17-7-9-19(15-22(17)26)18-8-6-16-10-12-24-21(16)14-18/h1-15,24H,(H,25,27). The van der Waals surface area contributed by atoms with Crippen molar-refractivity contribution in [3.05, 3.63) is 91.3 Å². The Balaban J connectivity index is 1.55. The number of nitrogens with zero attached hydrogens (tertiary/aromatic N) is 1. The highest BCUT2D eigenvalue weighted by Gasteiger charge is 2.10. The molecule has 27 heavy (non-hydrogen) atoms. The SMILES string of the molecule is O=C(Nc1ccccc1)n1ccc2ccc(-c3ccc4cc[nH]c4c3)cc21. The molecule has 3 aromatic carbocycles. The van der Waals surface area contributed by atoms with Crippen LogP contribution in [0.4, 0.5) is 10.5 Å². The number of hydrogen-bond acceptors (Lipinski definition) is 1. The van der Waals surface area contributed by atoms with Gasteiger partial charge in [-0.15, -0.1) is 0 Å². The number of carbonyl (C=O) groups excluding carboxylic acids is 1. The Labute approximate surface area is 156 Å². The number of nitrogens with one attached hydrogen (secondary N) is 2. The van der Waals surface area contributed by atoms with E-state index in [1.165, 1.54) is 5.39 Å². The fourth-order valence-electron chi connectivity index (χ4n) is 3.42. The minimum Gasteiger partial charge on any atom is -0.361 e. The number of benzene rings is 3. The van der Waals surface area contributed by atoms with Crippen LogP contribution < -0.4 is 5.32 Å². The van der Waals surface area contributed by atoms with Crippen molar-refractivity contribution < 1.29 is 4.79 Å². The summed E-state index contributed by atoms with van der Waals surface area (Å²) in [6.45, 7) is 0. The number of rotatable bonds is 2. The Morgan fingerprint density at radius 2 is 1.59 bits per heavy atom. The number of carbonyl (C=O) groups is 1. The second-order valence-electron chi connectivity index (χ2n) is 6.54. The van der Waals surface area contributed by atoms with E-state index >= 15 is 0 Å². The van der Waals surface area contributed by atoms with Gasteiger partial charge >= 0.3 is 6.03 Å². The lowest BCUT2D eigenvalue weighted by Gasteiger charge is -2.08. The molecule has 0 radical (unpaired) electrons. The number of fused-ring (bicyclic) bond motifs is 2. The average Bonchev–Trinajstić information content (AvgIpc) is 3.34. The minimum absolute atomic E-state index is 0.173. The van der Waals surface area contributed by atoms with E-state index in [1.54, 1.807) is 10.8 Å². The van der Waals surface area contributed by atoms with Gasteiger partial charge in [0.2, 0.25) is 0 Å². The van der Waals surface area contributed by atoms with Crippen LogP contribution in [0.15, 0.2) is 91.3 Å². The fraction of sp³-hybridized carbons (Fsp3) is 0. The van der Waals surface area contributed by atoms with Gasteiger partial charge in [0.15, 0.2) is 0 Å². The maximum Gasteiger partial charge on any atom is 0.330 e. The van der Waals surface area contributed by atoms with Gasteiger partial charge in [-0.25, -0.2) is 4.79 Å². The first-order valence-corrected chi connectivity index (χ1v) is 8.83. The molecule has 0 atom stereocenters. The van der Waals surface area contributed by atoms with E-state index in [-0.39, 0.29) is 6.03 Å². The van der Waals surface area contributed by atoms with Crippen molar-refractivity contribution in [2.75, 3.05) is 5.32 Å². The third kappa shape index (κ3) is 2.77. The van der Waals surface area contributed by atoms with Crippen LogP contribution in [0.25, 0.3) is 32.9 Å². The van der Waals surface area contributed by atoms with Crippen molar-refractivity contribution in [3.63, 3.8) is 0 Å². The van der Waals surface area contributed by atoms with Gasteiger partial charge in [-0.1, -0.05) is 42.5 Å². The summed E-state index contributed by atoms with van der Waals surface area (Å²) in [6.07, 6.45) is 3.75. The van der Waals surface area contributed by atoms with Crippen LogP contribution in [0.1, 0.15) is 0 Å². The van der Waals surface area contributed by atoms with E-state index in [1.807, 2.05) is 42.6 Å². The molecule has 4 heteroatoms. The van der Waals surface area contributed by atoms with E-state index in [9.17, 15) is 4.79 Å². The first-order chi connectivity index (χ1) is 13.3. The highest BCUT2D eigenvalue weighted by atomic mass is 16.2. The normalized spacial score (nSPS) is 11.1. The molecule has 2 aromatic heterocycles. The molecule has 0 aliphatic heterocycles. The van der Waals surface area contributed by atoms with E-state index in [0.717, 1.165) is 33.2 Å². The summed E-state index contributed by atoms with van der Waals surface area (Å²) in [7, 11) is 0. The number of para-hydroxylation sites is 1. The van der Waals surface area contributed by atoms with Gasteiger partial charge in [0.25, 0.3) is 0 Å². The first kappa shape index (κ1) is 15.5. The van der Waals surface area contributed by atoms with Crippen LogP contribution in [0.2, 0.25) is 0 Å². The Kier molecular flexibility index (Phi) is 3.54. The van der Waals surface area contributed by atoms with Crippen LogP contribution in [0, 0.1) is 0 Å². The maximum absolute atomic E-state index is 12.7. The van der Waals surface area contributed by atoms with Gasteiger partial charge in [-0.05, 0) is 52.9 Å². The topological polar surface area (TPSA) is 49.8 Å². The molecule has 130 valence electrons. The molecule has 1 amide bonds. The summed E-state index contributed by atoms with van der Waals surface area (Å²) >= 11 is 0. The van der Waals surface area contributed by atoms with Crippen molar-refractivity contribution in [1.82, 2.24) is 9.55 Å². The predicted molar refractivity (Wildman–Crippen MR) is 110 cm³/mol. The number of amides is 1. The lowest BCUT2D eigenvalue weighted by Crippen LogP contribution is -2.18. The molecule has 0 unspecified atom stereocenters. The predicted octanol–water partition coefficient (Wildman–Crippen LogP) is 5.87. The van der Waals surface area contributed by atoms with Gasteiger partial charge < -0.3 is 10.3 Å². The zero-order valence-corrected chi connectivity index (χ0v) is 14.5. The van der Waals surface area contributed by atoms with Crippen LogP contribution in [0.3, 0.4) is 0 Å². The third-order valence-corrected chi connectivity index (χ3v) is 4.83. The molecule has 0 aliphatic carbocycles. The zero-order chi connectivity index (χ0) is 18.2. The highest BCUT2D eigenvalue weighted by molar-refractivity contribution is 5.99. The summed E-state index contributed by atoms with van der Waals surface area (Å²) in [5.41, 5.74) is 4.95. The number of aromatic nitrogens is 2. The Bertz CT molecular complexity index is 1260. The van der Waals surface area contributed by atoms with Crippen molar-refractivity contribution in [1.29, 1.82) is 0 Å². The van der Waals surface area contributed by atoms with Gasteiger partial charge in [0, 0.05) is 29.0 Å². The van der Waals surface area contributed by atoms with E-state index in [0.29, 0.717) is 0 Å². The zero-order valence-electron chi connectivity index (χ0n) is 14.5. The van der Waals surface area contributed by atoms with E-state index < -0.39 is 0 Å². The Hall–Kier alpha value is -3.79. The molecule has 5 aromatic rings. The monoisotopic (exact) mass is 351 g/mol. The Morgan fingerprint density at radius 1 is 0.815 bits per heavy atom. The second kappa shape index (κ2) is 6.18. The van der Waals surface area contributed by atoms with E-state index in [4.69, 9.17) is 0 Å². The molecule has 4 nitrogen and oxygen atoms in total. The van der Waals surface area contributed by atoms with Crippen LogP contribution >= 0.6 is 0 Å². The molecule has 2 N–H and O–H groups in total. The molecule has 0 aliphatic rings. The van der Waals surface area contributed by atoms with Crippen molar-refractivity contribution in [3.8, 4) is 11.1 Å². The average molecular weight is 351 g/mol. The lowest BCUT2D eigenvalue weighted by molar-refractivity contribution is 0.254. The smallest absolute Gasteiger partial charge is 0.330 e. The van der Waals surface area contributed by atoms with Crippen molar-refractivity contribution >= 4 is 33.5 Å². The minimum atomic E-state index is -0.173. The molecule has 2 heterocycles. The molecule has 0 spiro atoms. The Morgan fingerprint density at radius 3 is 2.44 bits per heavy atom. The fourth-order valence-corrected chi connectivity index (χ4v) is 3.42. The van der Waals surface area contributed by atoms with Crippen LogP contribution in [-0.4, -0.2) is 15.6 Å². The summed E-state index contributed by atoms with van der Waals surface area (Å²) in [4.78, 5) is 16.0. The lowest BCUT2D eigenvalue weighted by atomic mass is 10.0. The highest BCUT2D eigenvalue weighted by Crippen LogP contribution is 2.27. The van der Waals surface area contributed by atoms with Gasteiger partial charge in [0.05, 0.1) is 5.52 Å². The van der Waals surface area contributed by atoms with E-state index in [2.05, 4.69) is 52.8 Å².